The molecule has 2 aliphatic rings. The number of hydrogen-bond acceptors (Lipinski definition) is 6. The number of nitrogens with one attached hydrogen (secondary N) is 3. The molecule has 0 saturated heterocycles. The van der Waals surface area contributed by atoms with Crippen LogP contribution in [0, 0.1) is 25.6 Å². The Kier molecular flexibility index (Phi) is 7.53. The van der Waals surface area contributed by atoms with Gasteiger partial charge in [-0.2, -0.15) is 0 Å². The zero-order valence-corrected chi connectivity index (χ0v) is 22.2. The highest BCUT2D eigenvalue weighted by atomic mass is 19.1. The Morgan fingerprint density at radius 1 is 1.18 bits per heavy atom. The molecule has 1 aromatic carbocycles. The van der Waals surface area contributed by atoms with Crippen molar-refractivity contribution in [1.82, 2.24) is 25.6 Å². The maximum absolute atomic E-state index is 15.5. The van der Waals surface area contributed by atoms with Gasteiger partial charge in [0.2, 0.25) is 5.91 Å². The number of fused-ring (bicyclic) bond motifs is 1. The lowest BCUT2D eigenvalue weighted by Gasteiger charge is -2.32. The molecule has 0 bridgehead atoms. The van der Waals surface area contributed by atoms with Crippen LogP contribution in [0.5, 0.6) is 5.75 Å². The first-order valence-corrected chi connectivity index (χ1v) is 13.3. The van der Waals surface area contributed by atoms with Crippen LogP contribution in [-0.4, -0.2) is 62.8 Å². The van der Waals surface area contributed by atoms with Gasteiger partial charge < -0.3 is 25.5 Å². The van der Waals surface area contributed by atoms with Gasteiger partial charge in [0.1, 0.15) is 41.4 Å². The summed E-state index contributed by atoms with van der Waals surface area (Å²) < 4.78 is 36.2. The largest absolute Gasteiger partial charge is 0.492 e. The van der Waals surface area contributed by atoms with Crippen molar-refractivity contribution in [3.05, 3.63) is 41.1 Å². The van der Waals surface area contributed by atoms with Crippen molar-refractivity contribution >= 4 is 22.8 Å². The van der Waals surface area contributed by atoms with E-state index in [9.17, 15) is 19.1 Å². The van der Waals surface area contributed by atoms with Gasteiger partial charge >= 0.3 is 0 Å². The van der Waals surface area contributed by atoms with Crippen molar-refractivity contribution in [3.8, 4) is 17.0 Å². The van der Waals surface area contributed by atoms with Crippen LogP contribution in [0.15, 0.2) is 18.5 Å². The zero-order chi connectivity index (χ0) is 27.8. The van der Waals surface area contributed by atoms with Crippen LogP contribution in [0.4, 0.5) is 8.78 Å². The number of nitrogens with zero attached hydrogens (tertiary/aromatic N) is 2. The number of aromatic nitrogens is 3. The van der Waals surface area contributed by atoms with Crippen molar-refractivity contribution in [2.75, 3.05) is 6.61 Å². The van der Waals surface area contributed by atoms with Crippen LogP contribution < -0.4 is 15.4 Å². The summed E-state index contributed by atoms with van der Waals surface area (Å²) in [5, 5.41) is 14.8. The Hall–Kier alpha value is -3.60. The van der Waals surface area contributed by atoms with Crippen LogP contribution in [0.3, 0.4) is 0 Å². The van der Waals surface area contributed by atoms with Gasteiger partial charge in [0.15, 0.2) is 0 Å². The van der Waals surface area contributed by atoms with E-state index < -0.39 is 42.0 Å². The van der Waals surface area contributed by atoms with E-state index in [2.05, 4.69) is 25.6 Å². The molecule has 2 heterocycles. The molecule has 4 N–H and O–H groups in total. The van der Waals surface area contributed by atoms with Gasteiger partial charge in [-0.05, 0) is 64.0 Å². The molecule has 2 amide bonds. The molecule has 9 nitrogen and oxygen atoms in total. The quantitative estimate of drug-likeness (QED) is 0.345. The minimum Gasteiger partial charge on any atom is -0.492 e. The van der Waals surface area contributed by atoms with Gasteiger partial charge in [-0.3, -0.25) is 9.59 Å². The van der Waals surface area contributed by atoms with E-state index in [4.69, 9.17) is 4.74 Å². The van der Waals surface area contributed by atoms with Crippen molar-refractivity contribution in [3.63, 3.8) is 0 Å². The maximum atomic E-state index is 15.5. The van der Waals surface area contributed by atoms with Crippen molar-refractivity contribution < 1.29 is 28.2 Å². The van der Waals surface area contributed by atoms with E-state index in [0.29, 0.717) is 59.1 Å². The fourth-order valence-corrected chi connectivity index (χ4v) is 5.05. The number of aromatic amines is 1. The molecule has 2 aliphatic carbocycles. The predicted octanol–water partition coefficient (Wildman–Crippen LogP) is 3.66. The number of aryl methyl sites for hydroxylation is 2. The molecule has 208 valence electrons. The minimum atomic E-state index is -1.37. The molecule has 5 rings (SSSR count). The Morgan fingerprint density at radius 2 is 1.95 bits per heavy atom. The molecule has 0 unspecified atom stereocenters. The number of alkyl halides is 1. The Balaban J connectivity index is 1.39. The fourth-order valence-electron chi connectivity index (χ4n) is 5.05. The molecular formula is C28H33F2N5O4. The third kappa shape index (κ3) is 5.59. The summed E-state index contributed by atoms with van der Waals surface area (Å²) >= 11 is 0. The van der Waals surface area contributed by atoms with Crippen molar-refractivity contribution in [2.24, 2.45) is 5.92 Å². The van der Waals surface area contributed by atoms with Gasteiger partial charge in [-0.1, -0.05) is 6.07 Å². The van der Waals surface area contributed by atoms with Gasteiger partial charge in [0.25, 0.3) is 5.91 Å². The molecule has 0 aliphatic heterocycles. The number of halogens is 2. The molecule has 4 atom stereocenters. The van der Waals surface area contributed by atoms with Gasteiger partial charge in [-0.15, -0.1) is 0 Å². The van der Waals surface area contributed by atoms with E-state index in [-0.39, 0.29) is 17.5 Å². The molecule has 0 spiro atoms. The number of amides is 2. The maximum Gasteiger partial charge on any atom is 0.255 e. The summed E-state index contributed by atoms with van der Waals surface area (Å²) in [6.07, 6.45) is 1.68. The van der Waals surface area contributed by atoms with E-state index >= 15 is 4.39 Å². The molecular weight excluding hydrogens is 508 g/mol. The highest BCUT2D eigenvalue weighted by Gasteiger charge is 2.34. The number of H-pyrrole nitrogens is 1. The summed E-state index contributed by atoms with van der Waals surface area (Å²) in [7, 11) is 0. The second-order valence-electron chi connectivity index (χ2n) is 10.7. The first kappa shape index (κ1) is 27.0. The third-order valence-corrected chi connectivity index (χ3v) is 7.52. The SMILES string of the molecule is Cc1ccc(OCC2CC2)c(-c2ncnc3c(C(=O)N[C@@H]4CC[C@@H](NC(=O)[C@H](C)O)[C@H](F)C4)c(C)[nH]c23)c1F. The van der Waals surface area contributed by atoms with Crippen LogP contribution in [0.2, 0.25) is 0 Å². The number of ether oxygens (including phenoxy) is 1. The topological polar surface area (TPSA) is 129 Å². The molecule has 3 aromatic rings. The average molecular weight is 542 g/mol. The number of carbonyl (C=O) groups is 2. The predicted molar refractivity (Wildman–Crippen MR) is 141 cm³/mol. The molecule has 39 heavy (non-hydrogen) atoms. The highest BCUT2D eigenvalue weighted by molar-refractivity contribution is 6.09. The number of rotatable bonds is 8. The van der Waals surface area contributed by atoms with E-state index in [0.717, 1.165) is 12.8 Å². The van der Waals surface area contributed by atoms with Crippen LogP contribution in [-0.2, 0) is 4.79 Å². The van der Waals surface area contributed by atoms with Crippen LogP contribution in [0.25, 0.3) is 22.3 Å². The lowest BCUT2D eigenvalue weighted by molar-refractivity contribution is -0.130. The monoisotopic (exact) mass is 541 g/mol. The highest BCUT2D eigenvalue weighted by Crippen LogP contribution is 2.39. The molecule has 2 saturated carbocycles. The third-order valence-electron chi connectivity index (χ3n) is 7.52. The Bertz CT molecular complexity index is 1400. The number of carbonyl (C=O) groups excluding carboxylic acids is 2. The lowest BCUT2D eigenvalue weighted by Crippen LogP contribution is -2.51. The van der Waals surface area contributed by atoms with Gasteiger partial charge in [-0.25, -0.2) is 18.7 Å². The normalized spacial score (nSPS) is 21.9. The van der Waals surface area contributed by atoms with Crippen LogP contribution >= 0.6 is 0 Å². The van der Waals surface area contributed by atoms with Gasteiger partial charge in [0, 0.05) is 18.2 Å². The molecule has 11 heteroatoms. The van der Waals surface area contributed by atoms with E-state index in [1.54, 1.807) is 26.0 Å². The van der Waals surface area contributed by atoms with Crippen LogP contribution in [0.1, 0.15) is 60.6 Å². The molecule has 2 fully saturated rings. The summed E-state index contributed by atoms with van der Waals surface area (Å²) in [4.78, 5) is 37.0. The number of aliphatic hydroxyl groups excluding tert-OH is 1. The average Bonchev–Trinajstić information content (AvgIpc) is 3.65. The van der Waals surface area contributed by atoms with Crippen molar-refractivity contribution in [2.45, 2.75) is 77.2 Å². The van der Waals surface area contributed by atoms with Gasteiger partial charge in [0.05, 0.1) is 29.3 Å². The molecule has 2 aromatic heterocycles. The minimum absolute atomic E-state index is 0.0222. The summed E-state index contributed by atoms with van der Waals surface area (Å²) in [5.74, 6) is -0.640. The van der Waals surface area contributed by atoms with Crippen molar-refractivity contribution in [1.29, 1.82) is 0 Å². The second-order valence-corrected chi connectivity index (χ2v) is 10.7. The Morgan fingerprint density at radius 3 is 2.64 bits per heavy atom. The number of aliphatic hydroxyl groups is 1. The second kappa shape index (κ2) is 10.9. The first-order chi connectivity index (χ1) is 18.6. The molecule has 0 radical (unpaired) electrons. The van der Waals surface area contributed by atoms with E-state index in [1.807, 2.05) is 0 Å². The smallest absolute Gasteiger partial charge is 0.255 e. The summed E-state index contributed by atoms with van der Waals surface area (Å²) in [6.45, 7) is 5.21. The zero-order valence-electron chi connectivity index (χ0n) is 22.2. The standard InChI is InChI=1S/C28H33F2N5O4/c1-13-4-9-20(39-11-16-5-6-16)22(23(13)30)25-26-24(31-12-32-25)21(14(2)33-26)28(38)34-17-7-8-19(18(29)10-17)35-27(37)15(3)36/h4,9,12,15-19,33,36H,5-8,10-11H2,1-3H3,(H,34,38)(H,35,37)/t15-,17+,18+,19+/m0/s1. The van der Waals surface area contributed by atoms with E-state index in [1.165, 1.54) is 13.3 Å². The summed E-state index contributed by atoms with van der Waals surface area (Å²) in [6, 6.07) is 2.24. The lowest BCUT2D eigenvalue weighted by atomic mass is 9.89. The number of hydrogen-bond donors (Lipinski definition) is 4. The summed E-state index contributed by atoms with van der Waals surface area (Å²) in [5.41, 5.74) is 2.50. The first-order valence-electron chi connectivity index (χ1n) is 13.3. The number of benzene rings is 1. The fraction of sp³-hybridized carbons (Fsp3) is 0.500. The Labute approximate surface area is 224 Å².